The summed E-state index contributed by atoms with van der Waals surface area (Å²) in [5.74, 6) is -0.0126. The summed E-state index contributed by atoms with van der Waals surface area (Å²) >= 11 is 17.1. The molecule has 0 radical (unpaired) electrons. The Kier molecular flexibility index (Phi) is 7.57. The number of benzene rings is 2. The van der Waals surface area contributed by atoms with Gasteiger partial charge in [0.2, 0.25) is 0 Å². The van der Waals surface area contributed by atoms with Crippen molar-refractivity contribution >= 4 is 62.5 Å². The third-order valence-electron chi connectivity index (χ3n) is 5.32. The van der Waals surface area contributed by atoms with Crippen LogP contribution in [-0.2, 0) is 9.53 Å². The van der Waals surface area contributed by atoms with Gasteiger partial charge in [-0.1, -0.05) is 56.5 Å². The number of esters is 1. The lowest BCUT2D eigenvalue weighted by molar-refractivity contribution is -0.143. The maximum absolute atomic E-state index is 13.7. The van der Waals surface area contributed by atoms with Gasteiger partial charge in [0, 0.05) is 20.1 Å². The van der Waals surface area contributed by atoms with E-state index in [0.29, 0.717) is 42.0 Å². The molecule has 10 heteroatoms. The number of thiazole rings is 1. The molecule has 0 aliphatic carbocycles. The van der Waals surface area contributed by atoms with Crippen LogP contribution in [-0.4, -0.2) is 23.8 Å². The van der Waals surface area contributed by atoms with Crippen LogP contribution < -0.4 is 19.6 Å². The van der Waals surface area contributed by atoms with Crippen molar-refractivity contribution in [3.8, 4) is 5.75 Å². The summed E-state index contributed by atoms with van der Waals surface area (Å²) in [5.41, 5.74) is 1.71. The molecule has 0 amide bonds. The Hall–Kier alpha value is -2.39. The second-order valence-corrected chi connectivity index (χ2v) is 10.9. The van der Waals surface area contributed by atoms with Gasteiger partial charge in [0.05, 0.1) is 29.0 Å². The zero-order valence-electron chi connectivity index (χ0n) is 19.3. The molecule has 0 bridgehead atoms. The van der Waals surface area contributed by atoms with E-state index < -0.39 is 12.0 Å². The van der Waals surface area contributed by atoms with E-state index in [2.05, 4.69) is 20.9 Å². The smallest absolute Gasteiger partial charge is 0.338 e. The molecule has 4 rings (SSSR count). The highest BCUT2D eigenvalue weighted by molar-refractivity contribution is 9.10. The summed E-state index contributed by atoms with van der Waals surface area (Å²) in [6, 6.07) is 9.71. The summed E-state index contributed by atoms with van der Waals surface area (Å²) in [4.78, 5) is 32.0. The maximum Gasteiger partial charge on any atom is 0.338 e. The molecule has 2 aromatic carbocycles. The first-order valence-corrected chi connectivity index (χ1v) is 13.0. The Morgan fingerprint density at radius 3 is 2.63 bits per heavy atom. The van der Waals surface area contributed by atoms with Gasteiger partial charge in [-0.2, -0.15) is 0 Å². The van der Waals surface area contributed by atoms with Crippen LogP contribution >= 0.6 is 50.5 Å². The average Bonchev–Trinajstić information content (AvgIpc) is 3.08. The number of carbonyl (C=O) groups excluding carboxylic acids is 1. The lowest BCUT2D eigenvalue weighted by Crippen LogP contribution is -2.40. The highest BCUT2D eigenvalue weighted by atomic mass is 79.9. The Bertz CT molecular complexity index is 1540. The van der Waals surface area contributed by atoms with Crippen molar-refractivity contribution < 1.29 is 14.3 Å². The molecule has 3 aromatic rings. The van der Waals surface area contributed by atoms with Gasteiger partial charge in [-0.05, 0) is 62.7 Å². The number of carbonyl (C=O) groups is 1. The maximum atomic E-state index is 13.7. The Balaban J connectivity index is 2.01. The number of hydrogen-bond acceptors (Lipinski definition) is 6. The third kappa shape index (κ3) is 5.11. The lowest BCUT2D eigenvalue weighted by Gasteiger charge is -2.26. The van der Waals surface area contributed by atoms with Gasteiger partial charge < -0.3 is 9.47 Å². The molecular formula is C25H21BrCl2N2O4S. The number of nitrogens with zero attached hydrogens (tertiary/aromatic N) is 2. The molecule has 0 saturated carbocycles. The van der Waals surface area contributed by atoms with Crippen LogP contribution in [0.1, 0.15) is 37.9 Å². The van der Waals surface area contributed by atoms with Gasteiger partial charge in [-0.15, -0.1) is 0 Å². The van der Waals surface area contributed by atoms with E-state index in [1.807, 2.05) is 12.1 Å². The SMILES string of the molecule is COc1ccc(Br)cc1[C@@H]1C(C(=O)OC(C)C)=C(C)N=c2s/c(=C\c3ccc(Cl)cc3Cl)c(=O)n21. The van der Waals surface area contributed by atoms with E-state index in [1.54, 1.807) is 58.2 Å². The zero-order valence-corrected chi connectivity index (χ0v) is 23.2. The number of aromatic nitrogens is 1. The van der Waals surface area contributed by atoms with Crippen LogP contribution in [0, 0.1) is 0 Å². The molecule has 0 spiro atoms. The van der Waals surface area contributed by atoms with Crippen molar-refractivity contribution in [1.29, 1.82) is 0 Å². The largest absolute Gasteiger partial charge is 0.496 e. The summed E-state index contributed by atoms with van der Waals surface area (Å²) < 4.78 is 13.8. The summed E-state index contributed by atoms with van der Waals surface area (Å²) in [6.07, 6.45) is 1.35. The molecule has 0 unspecified atom stereocenters. The normalized spacial score (nSPS) is 15.8. The molecule has 0 N–H and O–H groups in total. The van der Waals surface area contributed by atoms with Crippen LogP contribution in [0.4, 0.5) is 0 Å². The zero-order chi connectivity index (χ0) is 25.4. The Labute approximate surface area is 224 Å². The van der Waals surface area contributed by atoms with Crippen molar-refractivity contribution in [2.45, 2.75) is 32.9 Å². The molecule has 2 heterocycles. The van der Waals surface area contributed by atoms with E-state index in [1.165, 1.54) is 15.9 Å². The van der Waals surface area contributed by atoms with Crippen LogP contribution in [0.5, 0.6) is 5.75 Å². The quantitative estimate of drug-likeness (QED) is 0.377. The Morgan fingerprint density at radius 1 is 1.23 bits per heavy atom. The number of allylic oxidation sites excluding steroid dienone is 1. The molecule has 6 nitrogen and oxygen atoms in total. The highest BCUT2D eigenvalue weighted by Crippen LogP contribution is 2.37. The van der Waals surface area contributed by atoms with Gasteiger partial charge >= 0.3 is 5.97 Å². The number of hydrogen-bond donors (Lipinski definition) is 0. The van der Waals surface area contributed by atoms with Crippen molar-refractivity contribution in [1.82, 2.24) is 4.57 Å². The van der Waals surface area contributed by atoms with Gasteiger partial charge in [-0.3, -0.25) is 9.36 Å². The fourth-order valence-corrected chi connectivity index (χ4v) is 5.71. The average molecular weight is 596 g/mol. The number of fused-ring (bicyclic) bond motifs is 1. The van der Waals surface area contributed by atoms with Crippen LogP contribution in [0.2, 0.25) is 10.0 Å². The fourth-order valence-electron chi connectivity index (χ4n) is 3.83. The number of ether oxygens (including phenoxy) is 2. The fraction of sp³-hybridized carbons (Fsp3) is 0.240. The molecule has 0 saturated heterocycles. The van der Waals surface area contributed by atoms with Gasteiger partial charge in [0.1, 0.15) is 11.8 Å². The van der Waals surface area contributed by atoms with E-state index in [0.717, 1.165) is 4.47 Å². The second-order valence-electron chi connectivity index (χ2n) is 8.09. The predicted molar refractivity (Wildman–Crippen MR) is 142 cm³/mol. The Morgan fingerprint density at radius 2 is 1.97 bits per heavy atom. The topological polar surface area (TPSA) is 69.9 Å². The van der Waals surface area contributed by atoms with Crippen LogP contribution in [0.15, 0.2) is 61.9 Å². The van der Waals surface area contributed by atoms with Crippen molar-refractivity contribution in [2.24, 2.45) is 4.99 Å². The highest BCUT2D eigenvalue weighted by Gasteiger charge is 2.35. The van der Waals surface area contributed by atoms with Gasteiger partial charge in [0.15, 0.2) is 4.80 Å². The first-order valence-electron chi connectivity index (χ1n) is 10.6. The van der Waals surface area contributed by atoms with Crippen LogP contribution in [0.3, 0.4) is 0 Å². The first-order chi connectivity index (χ1) is 16.6. The van der Waals surface area contributed by atoms with Crippen LogP contribution in [0.25, 0.3) is 6.08 Å². The van der Waals surface area contributed by atoms with E-state index in [9.17, 15) is 9.59 Å². The predicted octanol–water partition coefficient (Wildman–Crippen LogP) is 5.26. The molecule has 1 aliphatic rings. The summed E-state index contributed by atoms with van der Waals surface area (Å²) in [6.45, 7) is 5.28. The van der Waals surface area contributed by atoms with E-state index in [4.69, 9.17) is 32.7 Å². The van der Waals surface area contributed by atoms with Gasteiger partial charge in [-0.25, -0.2) is 9.79 Å². The van der Waals surface area contributed by atoms with Gasteiger partial charge in [0.25, 0.3) is 5.56 Å². The summed E-state index contributed by atoms with van der Waals surface area (Å²) in [5, 5.41) is 0.921. The molecule has 1 aliphatic heterocycles. The minimum absolute atomic E-state index is 0.276. The number of halogens is 3. The van der Waals surface area contributed by atoms with Crippen molar-refractivity contribution in [2.75, 3.05) is 7.11 Å². The number of rotatable bonds is 5. The molecule has 0 fully saturated rings. The van der Waals surface area contributed by atoms with E-state index >= 15 is 0 Å². The minimum atomic E-state index is -0.798. The number of methoxy groups -OCH3 is 1. The summed E-state index contributed by atoms with van der Waals surface area (Å²) in [7, 11) is 1.54. The molecule has 1 atom stereocenters. The van der Waals surface area contributed by atoms with Crippen molar-refractivity contribution in [3.63, 3.8) is 0 Å². The second kappa shape index (κ2) is 10.3. The molecule has 1 aromatic heterocycles. The van der Waals surface area contributed by atoms with E-state index in [-0.39, 0.29) is 17.2 Å². The monoisotopic (exact) mass is 594 g/mol. The first kappa shape index (κ1) is 25.7. The molecule has 35 heavy (non-hydrogen) atoms. The standard InChI is InChI=1S/C25H21BrCl2N2O4S/c1-12(2)34-24(32)21-13(3)29-25-30(22(21)17-10-15(26)6-8-19(17)33-4)23(31)20(35-25)9-14-5-7-16(27)11-18(14)28/h5-12,22H,1-4H3/b20-9-/t22-/m1/s1. The third-order valence-corrected chi connectivity index (χ3v) is 7.36. The lowest BCUT2D eigenvalue weighted by atomic mass is 9.95. The molecule has 182 valence electrons. The minimum Gasteiger partial charge on any atom is -0.496 e. The molecular weight excluding hydrogens is 575 g/mol. The van der Waals surface area contributed by atoms with Crippen molar-refractivity contribution in [3.05, 3.63) is 93.0 Å².